The summed E-state index contributed by atoms with van der Waals surface area (Å²) in [6.45, 7) is 0. The third-order valence-electron chi connectivity index (χ3n) is 2.74. The van der Waals surface area contributed by atoms with Crippen LogP contribution in [0.1, 0.15) is 11.1 Å². The van der Waals surface area contributed by atoms with Gasteiger partial charge in [0.15, 0.2) is 17.5 Å². The first-order valence-corrected chi connectivity index (χ1v) is 6.80. The van der Waals surface area contributed by atoms with Crippen molar-refractivity contribution in [2.45, 2.75) is 0 Å². The van der Waals surface area contributed by atoms with Gasteiger partial charge in [-0.1, -0.05) is 11.6 Å². The molecule has 0 aliphatic rings. The predicted molar refractivity (Wildman–Crippen MR) is 78.2 cm³/mol. The summed E-state index contributed by atoms with van der Waals surface area (Å²) in [4.78, 5) is 0. The minimum absolute atomic E-state index is 0.259. The Labute approximate surface area is 136 Å². The first-order chi connectivity index (χ1) is 10.4. The summed E-state index contributed by atoms with van der Waals surface area (Å²) in [6, 6.07) is 7.02. The average molecular weight is 387 g/mol. The molecule has 0 radical (unpaired) electrons. The Kier molecular flexibility index (Phi) is 4.60. The molecule has 8 heteroatoms. The topological polar surface area (TPSA) is 59.6 Å². The molecule has 1 N–H and O–H groups in total. The molecular weight excluding hydrogens is 383 g/mol. The van der Waals surface area contributed by atoms with Gasteiger partial charge < -0.3 is 5.32 Å². The van der Waals surface area contributed by atoms with Gasteiger partial charge in [-0.3, -0.25) is 0 Å². The van der Waals surface area contributed by atoms with E-state index >= 15 is 0 Å². The van der Waals surface area contributed by atoms with E-state index in [4.69, 9.17) is 22.1 Å². The summed E-state index contributed by atoms with van der Waals surface area (Å²) in [5, 5.41) is 20.5. The molecule has 0 heterocycles. The predicted octanol–water partition coefficient (Wildman–Crippen LogP) is 5.01. The van der Waals surface area contributed by atoms with Crippen LogP contribution in [0.2, 0.25) is 5.02 Å². The van der Waals surface area contributed by atoms with Crippen LogP contribution in [0.3, 0.4) is 0 Å². The van der Waals surface area contributed by atoms with Crippen LogP contribution in [0.4, 0.5) is 24.5 Å². The lowest BCUT2D eigenvalue weighted by Gasteiger charge is -2.13. The van der Waals surface area contributed by atoms with E-state index in [1.165, 1.54) is 30.3 Å². The Bertz CT molecular complexity index is 856. The monoisotopic (exact) mass is 385 g/mol. The molecule has 0 bridgehead atoms. The molecule has 0 spiro atoms. The van der Waals surface area contributed by atoms with Crippen molar-refractivity contribution in [3.05, 3.63) is 56.3 Å². The van der Waals surface area contributed by atoms with Crippen LogP contribution in [-0.2, 0) is 0 Å². The highest BCUT2D eigenvalue weighted by molar-refractivity contribution is 9.10. The lowest BCUT2D eigenvalue weighted by atomic mass is 10.1. The number of rotatable bonds is 2. The average Bonchev–Trinajstić information content (AvgIpc) is 2.48. The summed E-state index contributed by atoms with van der Waals surface area (Å²) < 4.78 is 41.9. The molecule has 2 aromatic carbocycles. The highest BCUT2D eigenvalue weighted by atomic mass is 79.9. The summed E-state index contributed by atoms with van der Waals surface area (Å²) in [7, 11) is 0. The zero-order valence-electron chi connectivity index (χ0n) is 10.5. The van der Waals surface area contributed by atoms with Crippen molar-refractivity contribution in [3.63, 3.8) is 0 Å². The van der Waals surface area contributed by atoms with Gasteiger partial charge in [-0.2, -0.15) is 10.5 Å². The molecule has 0 amide bonds. The summed E-state index contributed by atoms with van der Waals surface area (Å²) in [5.74, 6) is -4.63. The molecular formula is C14H4BrClF3N3. The van der Waals surface area contributed by atoms with Crippen LogP contribution in [0, 0.1) is 40.1 Å². The van der Waals surface area contributed by atoms with Crippen LogP contribution in [0.25, 0.3) is 0 Å². The van der Waals surface area contributed by atoms with E-state index < -0.39 is 34.3 Å². The molecule has 0 aliphatic heterocycles. The van der Waals surface area contributed by atoms with Crippen LogP contribution >= 0.6 is 27.5 Å². The van der Waals surface area contributed by atoms with Gasteiger partial charge >= 0.3 is 0 Å². The van der Waals surface area contributed by atoms with E-state index in [0.717, 1.165) is 0 Å². The summed E-state index contributed by atoms with van der Waals surface area (Å²) >= 11 is 8.93. The smallest absolute Gasteiger partial charge is 0.181 e. The normalized spacial score (nSPS) is 9.95. The molecule has 110 valence electrons. The molecule has 0 saturated carbocycles. The molecule has 0 fully saturated rings. The van der Waals surface area contributed by atoms with Gasteiger partial charge in [0.1, 0.15) is 23.3 Å². The highest BCUT2D eigenvalue weighted by Crippen LogP contribution is 2.34. The van der Waals surface area contributed by atoms with Crippen molar-refractivity contribution in [1.29, 1.82) is 10.5 Å². The Morgan fingerprint density at radius 2 is 1.59 bits per heavy atom. The van der Waals surface area contributed by atoms with Crippen molar-refractivity contribution in [3.8, 4) is 12.1 Å². The molecule has 22 heavy (non-hydrogen) atoms. The van der Waals surface area contributed by atoms with Gasteiger partial charge in [-0.15, -0.1) is 0 Å². The van der Waals surface area contributed by atoms with Crippen molar-refractivity contribution >= 4 is 38.9 Å². The van der Waals surface area contributed by atoms with Crippen LogP contribution in [0.15, 0.2) is 22.7 Å². The number of nitrogens with zero attached hydrogens (tertiary/aromatic N) is 2. The summed E-state index contributed by atoms with van der Waals surface area (Å²) in [5.41, 5.74) is -2.34. The lowest BCUT2D eigenvalue weighted by Crippen LogP contribution is -2.06. The molecule has 0 atom stereocenters. The minimum atomic E-state index is -1.70. The second-order valence-electron chi connectivity index (χ2n) is 4.04. The standard InChI is InChI=1S/C14H4BrClF3N3/c15-9-3-6(16)1-2-10(9)22-14-8(5-21)12(18)11(17)7(4-20)13(14)19/h1-3,22H. The quantitative estimate of drug-likeness (QED) is 0.738. The molecule has 2 aromatic rings. The molecule has 0 aliphatic carbocycles. The molecule has 2 rings (SSSR count). The van der Waals surface area contributed by atoms with Crippen molar-refractivity contribution in [2.24, 2.45) is 0 Å². The van der Waals surface area contributed by atoms with Gasteiger partial charge in [0.2, 0.25) is 0 Å². The van der Waals surface area contributed by atoms with Gasteiger partial charge in [0.05, 0.1) is 11.4 Å². The zero-order valence-corrected chi connectivity index (χ0v) is 12.9. The summed E-state index contributed by atoms with van der Waals surface area (Å²) in [6.07, 6.45) is 0. The van der Waals surface area contributed by atoms with Gasteiger partial charge in [-0.05, 0) is 34.1 Å². The zero-order chi connectivity index (χ0) is 16.4. The third-order valence-corrected chi connectivity index (χ3v) is 3.63. The maximum Gasteiger partial charge on any atom is 0.181 e. The Hall–Kier alpha value is -2.22. The fourth-order valence-electron chi connectivity index (χ4n) is 1.71. The van der Waals surface area contributed by atoms with Gasteiger partial charge in [0.25, 0.3) is 0 Å². The van der Waals surface area contributed by atoms with Crippen molar-refractivity contribution in [1.82, 2.24) is 0 Å². The van der Waals surface area contributed by atoms with E-state index in [0.29, 0.717) is 9.50 Å². The Morgan fingerprint density at radius 3 is 2.14 bits per heavy atom. The number of anilines is 2. The van der Waals surface area contributed by atoms with Gasteiger partial charge in [-0.25, -0.2) is 13.2 Å². The third kappa shape index (κ3) is 2.74. The maximum atomic E-state index is 14.2. The van der Waals surface area contributed by atoms with Crippen LogP contribution < -0.4 is 5.32 Å². The second kappa shape index (κ2) is 6.27. The van der Waals surface area contributed by atoms with Gasteiger partial charge in [0, 0.05) is 9.50 Å². The number of nitrogens with one attached hydrogen (secondary N) is 1. The lowest BCUT2D eigenvalue weighted by molar-refractivity contribution is 0.490. The SMILES string of the molecule is N#Cc1c(F)c(F)c(C#N)c(Nc2ccc(Cl)cc2Br)c1F. The molecule has 0 aromatic heterocycles. The van der Waals surface area contributed by atoms with E-state index in [1.54, 1.807) is 0 Å². The molecule has 0 unspecified atom stereocenters. The Balaban J connectivity index is 2.68. The molecule has 0 saturated heterocycles. The Morgan fingerprint density at radius 1 is 1.00 bits per heavy atom. The fraction of sp³-hybridized carbons (Fsp3) is 0. The number of halogens is 5. The number of benzene rings is 2. The van der Waals surface area contributed by atoms with E-state index in [1.807, 2.05) is 0 Å². The molecule has 3 nitrogen and oxygen atoms in total. The minimum Gasteiger partial charge on any atom is -0.351 e. The van der Waals surface area contributed by atoms with Crippen molar-refractivity contribution in [2.75, 3.05) is 5.32 Å². The van der Waals surface area contributed by atoms with Crippen LogP contribution in [-0.4, -0.2) is 0 Å². The number of hydrogen-bond donors (Lipinski definition) is 1. The van der Waals surface area contributed by atoms with E-state index in [9.17, 15) is 13.2 Å². The largest absolute Gasteiger partial charge is 0.351 e. The number of nitriles is 2. The van der Waals surface area contributed by atoms with E-state index in [-0.39, 0.29) is 5.69 Å². The highest BCUT2D eigenvalue weighted by Gasteiger charge is 2.25. The van der Waals surface area contributed by atoms with Crippen LogP contribution in [0.5, 0.6) is 0 Å². The first-order valence-electron chi connectivity index (χ1n) is 5.63. The van der Waals surface area contributed by atoms with Crippen molar-refractivity contribution < 1.29 is 13.2 Å². The first kappa shape index (κ1) is 16.2. The fourth-order valence-corrected chi connectivity index (χ4v) is 2.49. The number of hydrogen-bond acceptors (Lipinski definition) is 3. The van der Waals surface area contributed by atoms with E-state index in [2.05, 4.69) is 21.2 Å². The second-order valence-corrected chi connectivity index (χ2v) is 5.33. The maximum absolute atomic E-state index is 14.2.